The fraction of sp³-hybridized carbons (Fsp3) is 0.625. The fourth-order valence-corrected chi connectivity index (χ4v) is 1.89. The highest BCUT2D eigenvalue weighted by atomic mass is 14.2. The van der Waals surface area contributed by atoms with Gasteiger partial charge in [0.25, 0.3) is 0 Å². The Balaban J connectivity index is 2.52. The van der Waals surface area contributed by atoms with Gasteiger partial charge in [0.15, 0.2) is 0 Å². The van der Waals surface area contributed by atoms with Crippen molar-refractivity contribution in [3.8, 4) is 0 Å². The molecule has 0 spiro atoms. The van der Waals surface area contributed by atoms with E-state index in [1.807, 2.05) is 0 Å². The standard InChI is InChI=1S/C16H26/c1-13(2)7-6-8-14-9-11-15(12-10-14)16(3,4)5/h9-13H,6-8H2,1-5H3. The van der Waals surface area contributed by atoms with E-state index in [1.165, 1.54) is 30.4 Å². The Morgan fingerprint density at radius 2 is 1.56 bits per heavy atom. The Morgan fingerprint density at radius 1 is 1.00 bits per heavy atom. The molecule has 0 aliphatic heterocycles. The van der Waals surface area contributed by atoms with Crippen LogP contribution in [0, 0.1) is 5.92 Å². The predicted molar refractivity (Wildman–Crippen MR) is 72.9 cm³/mol. The number of aryl methyl sites for hydroxylation is 1. The van der Waals surface area contributed by atoms with Crippen LogP contribution in [0.2, 0.25) is 0 Å². The first kappa shape index (κ1) is 13.3. The lowest BCUT2D eigenvalue weighted by Gasteiger charge is -2.19. The molecule has 0 atom stereocenters. The Morgan fingerprint density at radius 3 is 2.00 bits per heavy atom. The van der Waals surface area contributed by atoms with Crippen LogP contribution in [0.1, 0.15) is 58.6 Å². The first-order valence-electron chi connectivity index (χ1n) is 6.49. The van der Waals surface area contributed by atoms with E-state index in [0.29, 0.717) is 0 Å². The van der Waals surface area contributed by atoms with Gasteiger partial charge in [-0.3, -0.25) is 0 Å². The zero-order valence-corrected chi connectivity index (χ0v) is 11.5. The van der Waals surface area contributed by atoms with Gasteiger partial charge in [-0.1, -0.05) is 65.3 Å². The molecule has 0 aromatic heterocycles. The van der Waals surface area contributed by atoms with Gasteiger partial charge in [-0.2, -0.15) is 0 Å². The number of hydrogen-bond acceptors (Lipinski definition) is 0. The first-order valence-corrected chi connectivity index (χ1v) is 6.49. The van der Waals surface area contributed by atoms with Crippen LogP contribution in [0.3, 0.4) is 0 Å². The average Bonchev–Trinajstić information content (AvgIpc) is 2.16. The minimum absolute atomic E-state index is 0.274. The zero-order chi connectivity index (χ0) is 12.2. The molecular formula is C16H26. The van der Waals surface area contributed by atoms with Crippen molar-refractivity contribution >= 4 is 0 Å². The Labute approximate surface area is 101 Å². The van der Waals surface area contributed by atoms with E-state index in [9.17, 15) is 0 Å². The summed E-state index contributed by atoms with van der Waals surface area (Å²) < 4.78 is 0. The molecule has 1 aromatic carbocycles. The molecule has 0 heterocycles. The summed E-state index contributed by atoms with van der Waals surface area (Å²) in [5, 5.41) is 0. The normalized spacial score (nSPS) is 12.1. The molecule has 0 radical (unpaired) electrons. The minimum atomic E-state index is 0.274. The molecule has 90 valence electrons. The van der Waals surface area contributed by atoms with Crippen LogP contribution in [0.15, 0.2) is 24.3 Å². The fourth-order valence-electron chi connectivity index (χ4n) is 1.89. The van der Waals surface area contributed by atoms with Gasteiger partial charge in [0.05, 0.1) is 0 Å². The quantitative estimate of drug-likeness (QED) is 0.670. The third-order valence-corrected chi connectivity index (χ3v) is 3.07. The summed E-state index contributed by atoms with van der Waals surface area (Å²) in [6.45, 7) is 11.4. The summed E-state index contributed by atoms with van der Waals surface area (Å²) in [5.74, 6) is 0.828. The summed E-state index contributed by atoms with van der Waals surface area (Å²) in [6.07, 6.45) is 3.87. The number of hydrogen-bond donors (Lipinski definition) is 0. The molecule has 0 amide bonds. The molecular weight excluding hydrogens is 192 g/mol. The van der Waals surface area contributed by atoms with Crippen LogP contribution in [0.5, 0.6) is 0 Å². The Bertz CT molecular complexity index is 298. The van der Waals surface area contributed by atoms with Gasteiger partial charge in [-0.25, -0.2) is 0 Å². The molecule has 0 saturated heterocycles. The van der Waals surface area contributed by atoms with E-state index < -0.39 is 0 Å². The number of benzene rings is 1. The van der Waals surface area contributed by atoms with E-state index in [1.54, 1.807) is 0 Å². The molecule has 0 aliphatic rings. The van der Waals surface area contributed by atoms with E-state index in [-0.39, 0.29) is 5.41 Å². The lowest BCUT2D eigenvalue weighted by molar-refractivity contribution is 0.555. The average molecular weight is 218 g/mol. The lowest BCUT2D eigenvalue weighted by atomic mass is 9.86. The summed E-state index contributed by atoms with van der Waals surface area (Å²) in [7, 11) is 0. The van der Waals surface area contributed by atoms with Gasteiger partial charge in [-0.05, 0) is 35.3 Å². The SMILES string of the molecule is CC(C)CCCc1ccc(C(C)(C)C)cc1. The second kappa shape index (κ2) is 5.52. The van der Waals surface area contributed by atoms with Crippen LogP contribution in [-0.4, -0.2) is 0 Å². The van der Waals surface area contributed by atoms with Crippen molar-refractivity contribution in [2.45, 2.75) is 59.3 Å². The van der Waals surface area contributed by atoms with Crippen molar-refractivity contribution < 1.29 is 0 Å². The minimum Gasteiger partial charge on any atom is -0.0628 e. The van der Waals surface area contributed by atoms with Crippen LogP contribution >= 0.6 is 0 Å². The van der Waals surface area contributed by atoms with Gasteiger partial charge in [0.1, 0.15) is 0 Å². The molecule has 0 nitrogen and oxygen atoms in total. The van der Waals surface area contributed by atoms with Gasteiger partial charge in [0, 0.05) is 0 Å². The molecule has 0 bridgehead atoms. The van der Waals surface area contributed by atoms with E-state index in [2.05, 4.69) is 58.9 Å². The van der Waals surface area contributed by atoms with Crippen molar-refractivity contribution in [1.82, 2.24) is 0 Å². The van der Waals surface area contributed by atoms with Gasteiger partial charge >= 0.3 is 0 Å². The first-order chi connectivity index (χ1) is 7.39. The molecule has 1 rings (SSSR count). The van der Waals surface area contributed by atoms with Gasteiger partial charge < -0.3 is 0 Å². The third-order valence-electron chi connectivity index (χ3n) is 3.07. The van der Waals surface area contributed by atoms with E-state index in [0.717, 1.165) is 5.92 Å². The lowest BCUT2D eigenvalue weighted by Crippen LogP contribution is -2.10. The number of rotatable bonds is 4. The van der Waals surface area contributed by atoms with Crippen molar-refractivity contribution in [1.29, 1.82) is 0 Å². The molecule has 0 aliphatic carbocycles. The maximum absolute atomic E-state index is 2.29. The van der Waals surface area contributed by atoms with E-state index in [4.69, 9.17) is 0 Å². The summed E-state index contributed by atoms with van der Waals surface area (Å²) >= 11 is 0. The Kier molecular flexibility index (Phi) is 4.58. The highest BCUT2D eigenvalue weighted by molar-refractivity contribution is 5.27. The molecule has 0 N–H and O–H groups in total. The monoisotopic (exact) mass is 218 g/mol. The van der Waals surface area contributed by atoms with Crippen LogP contribution in [-0.2, 0) is 11.8 Å². The molecule has 0 fully saturated rings. The molecule has 1 aromatic rings. The molecule has 0 heteroatoms. The summed E-state index contributed by atoms with van der Waals surface area (Å²) in [5.41, 5.74) is 3.19. The highest BCUT2D eigenvalue weighted by Crippen LogP contribution is 2.22. The Hall–Kier alpha value is -0.780. The van der Waals surface area contributed by atoms with E-state index >= 15 is 0 Å². The van der Waals surface area contributed by atoms with Gasteiger partial charge in [0.2, 0.25) is 0 Å². The second-order valence-electron chi connectivity index (χ2n) is 6.23. The molecule has 0 saturated carbocycles. The summed E-state index contributed by atoms with van der Waals surface area (Å²) in [4.78, 5) is 0. The smallest absolute Gasteiger partial charge is 0.0132 e. The third kappa shape index (κ3) is 4.38. The molecule has 16 heavy (non-hydrogen) atoms. The van der Waals surface area contributed by atoms with Crippen molar-refractivity contribution in [3.05, 3.63) is 35.4 Å². The topological polar surface area (TPSA) is 0 Å². The zero-order valence-electron chi connectivity index (χ0n) is 11.5. The van der Waals surface area contributed by atoms with Crippen molar-refractivity contribution in [3.63, 3.8) is 0 Å². The second-order valence-corrected chi connectivity index (χ2v) is 6.23. The van der Waals surface area contributed by atoms with Gasteiger partial charge in [-0.15, -0.1) is 0 Å². The molecule has 0 unspecified atom stereocenters. The van der Waals surface area contributed by atoms with Crippen LogP contribution in [0.25, 0.3) is 0 Å². The maximum atomic E-state index is 2.29. The summed E-state index contributed by atoms with van der Waals surface area (Å²) in [6, 6.07) is 9.15. The predicted octanol–water partition coefficient (Wildman–Crippen LogP) is 4.96. The highest BCUT2D eigenvalue weighted by Gasteiger charge is 2.12. The van der Waals surface area contributed by atoms with Crippen molar-refractivity contribution in [2.24, 2.45) is 5.92 Å². The van der Waals surface area contributed by atoms with Crippen LogP contribution in [0.4, 0.5) is 0 Å². The maximum Gasteiger partial charge on any atom is -0.0132 e. The van der Waals surface area contributed by atoms with Crippen molar-refractivity contribution in [2.75, 3.05) is 0 Å². The van der Waals surface area contributed by atoms with Crippen LogP contribution < -0.4 is 0 Å². The largest absolute Gasteiger partial charge is 0.0628 e.